The van der Waals surface area contributed by atoms with Crippen LogP contribution in [0.25, 0.3) is 0 Å². The minimum absolute atomic E-state index is 0.268. The van der Waals surface area contributed by atoms with Crippen LogP contribution in [-0.4, -0.2) is 12.6 Å². The molecule has 0 bridgehead atoms. The van der Waals surface area contributed by atoms with Crippen LogP contribution in [0.3, 0.4) is 0 Å². The maximum atomic E-state index is 5.81. The van der Waals surface area contributed by atoms with E-state index in [1.54, 1.807) is 0 Å². The van der Waals surface area contributed by atoms with Crippen molar-refractivity contribution in [3.05, 3.63) is 34.9 Å². The third kappa shape index (κ3) is 3.33. The second-order valence-electron chi connectivity index (χ2n) is 4.47. The lowest BCUT2D eigenvalue weighted by Crippen LogP contribution is -2.33. The number of nitrogens with one attached hydrogen (secondary N) is 1. The van der Waals surface area contributed by atoms with E-state index in [4.69, 9.17) is 5.73 Å². The predicted molar refractivity (Wildman–Crippen MR) is 66.0 cm³/mol. The molecule has 2 nitrogen and oxygen atoms in total. The largest absolute Gasteiger partial charge is 0.329 e. The van der Waals surface area contributed by atoms with Gasteiger partial charge in [0.2, 0.25) is 0 Å². The van der Waals surface area contributed by atoms with E-state index in [1.807, 2.05) is 0 Å². The number of aryl methyl sites for hydroxylation is 2. The van der Waals surface area contributed by atoms with Crippen LogP contribution in [0.2, 0.25) is 0 Å². The van der Waals surface area contributed by atoms with Gasteiger partial charge in [0.1, 0.15) is 0 Å². The molecule has 0 aliphatic carbocycles. The standard InChI is InChI=1S/C13H22N2/c1-9(2)15-13(8-14)12-7-10(3)5-6-11(12)4/h5-7,9,13,15H,8,14H2,1-4H3. The van der Waals surface area contributed by atoms with Gasteiger partial charge in [-0.3, -0.25) is 0 Å². The average molecular weight is 206 g/mol. The van der Waals surface area contributed by atoms with Crippen LogP contribution in [0.5, 0.6) is 0 Å². The van der Waals surface area contributed by atoms with Crippen LogP contribution < -0.4 is 11.1 Å². The second kappa shape index (κ2) is 5.29. The molecule has 3 N–H and O–H groups in total. The first-order valence-electron chi connectivity index (χ1n) is 5.58. The van der Waals surface area contributed by atoms with Crippen molar-refractivity contribution in [2.24, 2.45) is 5.73 Å². The third-order valence-corrected chi connectivity index (χ3v) is 2.58. The quantitative estimate of drug-likeness (QED) is 0.793. The maximum Gasteiger partial charge on any atom is 0.0449 e. The van der Waals surface area contributed by atoms with Gasteiger partial charge in [-0.2, -0.15) is 0 Å². The Balaban J connectivity index is 2.95. The Hall–Kier alpha value is -0.860. The Bertz CT molecular complexity index is 318. The molecule has 1 unspecified atom stereocenters. The first kappa shape index (κ1) is 12.2. The van der Waals surface area contributed by atoms with Gasteiger partial charge in [-0.1, -0.05) is 37.6 Å². The lowest BCUT2D eigenvalue weighted by Gasteiger charge is -2.22. The van der Waals surface area contributed by atoms with Gasteiger partial charge in [-0.05, 0) is 25.0 Å². The summed E-state index contributed by atoms with van der Waals surface area (Å²) in [6.45, 7) is 9.19. The fourth-order valence-corrected chi connectivity index (χ4v) is 1.82. The van der Waals surface area contributed by atoms with Crippen LogP contribution in [0, 0.1) is 13.8 Å². The smallest absolute Gasteiger partial charge is 0.0449 e. The van der Waals surface area contributed by atoms with Gasteiger partial charge < -0.3 is 11.1 Å². The predicted octanol–water partition coefficient (Wildman–Crippen LogP) is 2.30. The highest BCUT2D eigenvalue weighted by atomic mass is 15.0. The van der Waals surface area contributed by atoms with Crippen molar-refractivity contribution >= 4 is 0 Å². The number of hydrogen-bond acceptors (Lipinski definition) is 2. The van der Waals surface area contributed by atoms with Crippen molar-refractivity contribution in [1.29, 1.82) is 0 Å². The molecule has 2 heteroatoms. The van der Waals surface area contributed by atoms with Gasteiger partial charge in [0.25, 0.3) is 0 Å². The Labute approximate surface area is 92.9 Å². The van der Waals surface area contributed by atoms with Crippen molar-refractivity contribution in [2.75, 3.05) is 6.54 Å². The van der Waals surface area contributed by atoms with Crippen LogP contribution in [-0.2, 0) is 0 Å². The molecule has 0 aromatic heterocycles. The minimum Gasteiger partial charge on any atom is -0.329 e. The number of benzene rings is 1. The fourth-order valence-electron chi connectivity index (χ4n) is 1.82. The molecule has 0 saturated heterocycles. The van der Waals surface area contributed by atoms with Crippen molar-refractivity contribution in [2.45, 2.75) is 39.8 Å². The molecule has 1 rings (SSSR count). The van der Waals surface area contributed by atoms with E-state index in [1.165, 1.54) is 16.7 Å². The summed E-state index contributed by atoms with van der Waals surface area (Å²) in [4.78, 5) is 0. The Kier molecular flexibility index (Phi) is 4.30. The molecular weight excluding hydrogens is 184 g/mol. The monoisotopic (exact) mass is 206 g/mol. The summed E-state index contributed by atoms with van der Waals surface area (Å²) in [6, 6.07) is 7.25. The SMILES string of the molecule is Cc1ccc(C)c(C(CN)NC(C)C)c1. The number of nitrogens with two attached hydrogens (primary N) is 1. The van der Waals surface area contributed by atoms with Gasteiger partial charge in [0, 0.05) is 18.6 Å². The van der Waals surface area contributed by atoms with E-state index in [2.05, 4.69) is 51.2 Å². The second-order valence-corrected chi connectivity index (χ2v) is 4.47. The van der Waals surface area contributed by atoms with Crippen molar-refractivity contribution < 1.29 is 0 Å². The van der Waals surface area contributed by atoms with E-state index >= 15 is 0 Å². The molecule has 0 radical (unpaired) electrons. The van der Waals surface area contributed by atoms with Crippen molar-refractivity contribution in [3.8, 4) is 0 Å². The fraction of sp³-hybridized carbons (Fsp3) is 0.538. The molecule has 0 spiro atoms. The summed E-state index contributed by atoms with van der Waals surface area (Å²) >= 11 is 0. The van der Waals surface area contributed by atoms with Crippen LogP contribution >= 0.6 is 0 Å². The molecule has 0 heterocycles. The van der Waals surface area contributed by atoms with E-state index in [-0.39, 0.29) is 6.04 Å². The topological polar surface area (TPSA) is 38.0 Å². The average Bonchev–Trinajstić information content (AvgIpc) is 2.18. The Morgan fingerprint density at radius 3 is 2.47 bits per heavy atom. The van der Waals surface area contributed by atoms with Crippen LogP contribution in [0.1, 0.15) is 36.6 Å². The zero-order valence-corrected chi connectivity index (χ0v) is 10.2. The molecule has 0 saturated carbocycles. The summed E-state index contributed by atoms with van der Waals surface area (Å²) in [5.41, 5.74) is 9.74. The summed E-state index contributed by atoms with van der Waals surface area (Å²) in [5.74, 6) is 0. The molecule has 0 amide bonds. The molecule has 0 aliphatic rings. The lowest BCUT2D eigenvalue weighted by atomic mass is 9.98. The Morgan fingerprint density at radius 1 is 1.27 bits per heavy atom. The maximum absolute atomic E-state index is 5.81. The van der Waals surface area contributed by atoms with Crippen molar-refractivity contribution in [1.82, 2.24) is 5.32 Å². The zero-order valence-electron chi connectivity index (χ0n) is 10.2. The van der Waals surface area contributed by atoms with Crippen molar-refractivity contribution in [3.63, 3.8) is 0 Å². The molecule has 0 fully saturated rings. The highest BCUT2D eigenvalue weighted by Gasteiger charge is 2.12. The van der Waals surface area contributed by atoms with Gasteiger partial charge >= 0.3 is 0 Å². The van der Waals surface area contributed by atoms with Gasteiger partial charge in [-0.25, -0.2) is 0 Å². The van der Waals surface area contributed by atoms with Gasteiger partial charge in [0.15, 0.2) is 0 Å². The molecule has 1 atom stereocenters. The number of hydrogen-bond donors (Lipinski definition) is 2. The highest BCUT2D eigenvalue weighted by molar-refractivity contribution is 5.33. The highest BCUT2D eigenvalue weighted by Crippen LogP contribution is 2.18. The molecule has 0 aliphatic heterocycles. The molecule has 1 aromatic rings. The van der Waals surface area contributed by atoms with Crippen LogP contribution in [0.4, 0.5) is 0 Å². The third-order valence-electron chi connectivity index (χ3n) is 2.58. The van der Waals surface area contributed by atoms with E-state index in [0.29, 0.717) is 12.6 Å². The Morgan fingerprint density at radius 2 is 1.93 bits per heavy atom. The summed E-state index contributed by atoms with van der Waals surface area (Å²) in [7, 11) is 0. The van der Waals surface area contributed by atoms with Gasteiger partial charge in [0.05, 0.1) is 0 Å². The zero-order chi connectivity index (χ0) is 11.4. The first-order valence-corrected chi connectivity index (χ1v) is 5.58. The van der Waals surface area contributed by atoms with Gasteiger partial charge in [-0.15, -0.1) is 0 Å². The molecule has 84 valence electrons. The summed E-state index contributed by atoms with van der Waals surface area (Å²) < 4.78 is 0. The first-order chi connectivity index (χ1) is 7.04. The van der Waals surface area contributed by atoms with E-state index in [9.17, 15) is 0 Å². The number of rotatable bonds is 4. The molecule has 1 aromatic carbocycles. The van der Waals surface area contributed by atoms with E-state index in [0.717, 1.165) is 0 Å². The normalized spacial score (nSPS) is 13.2. The molecule has 15 heavy (non-hydrogen) atoms. The van der Waals surface area contributed by atoms with E-state index < -0.39 is 0 Å². The lowest BCUT2D eigenvalue weighted by molar-refractivity contribution is 0.482. The summed E-state index contributed by atoms with van der Waals surface area (Å²) in [6.07, 6.45) is 0. The summed E-state index contributed by atoms with van der Waals surface area (Å²) in [5, 5.41) is 3.49. The minimum atomic E-state index is 0.268. The molecular formula is C13H22N2. The van der Waals surface area contributed by atoms with Crippen LogP contribution in [0.15, 0.2) is 18.2 Å².